The maximum atomic E-state index is 12.2. The van der Waals surface area contributed by atoms with Crippen molar-refractivity contribution in [3.05, 3.63) is 23.8 Å². The van der Waals surface area contributed by atoms with Crippen LogP contribution in [-0.4, -0.2) is 24.4 Å². The normalized spacial score (nSPS) is 18.6. The molecule has 1 aliphatic heterocycles. The van der Waals surface area contributed by atoms with E-state index in [0.717, 1.165) is 42.7 Å². The van der Waals surface area contributed by atoms with Gasteiger partial charge in [0.25, 0.3) is 0 Å². The minimum Gasteiger partial charge on any atom is -0.325 e. The lowest BCUT2D eigenvalue weighted by molar-refractivity contribution is -0.119. The van der Waals surface area contributed by atoms with E-state index in [1.165, 1.54) is 0 Å². The summed E-state index contributed by atoms with van der Waals surface area (Å²) < 4.78 is 0. The first-order valence-corrected chi connectivity index (χ1v) is 7.07. The minimum atomic E-state index is -0.531. The number of carbonyl (C=O) groups excluding carboxylic acids is 2. The molecule has 0 unspecified atom stereocenters. The quantitative estimate of drug-likeness (QED) is 0.871. The lowest BCUT2D eigenvalue weighted by Gasteiger charge is -2.17. The van der Waals surface area contributed by atoms with Gasteiger partial charge in [-0.25, -0.2) is 0 Å². The molecule has 106 valence electrons. The summed E-state index contributed by atoms with van der Waals surface area (Å²) in [5, 5.41) is 2.78. The number of nitrogens with two attached hydrogens (primary N) is 1. The van der Waals surface area contributed by atoms with Gasteiger partial charge in [0.15, 0.2) is 0 Å². The first-order valence-electron chi connectivity index (χ1n) is 7.07. The van der Waals surface area contributed by atoms with Gasteiger partial charge in [0.2, 0.25) is 11.8 Å². The number of fused-ring (bicyclic) bond motifs is 1. The zero-order valence-electron chi connectivity index (χ0n) is 11.6. The van der Waals surface area contributed by atoms with Gasteiger partial charge in [0.1, 0.15) is 0 Å². The fourth-order valence-electron chi connectivity index (χ4n) is 2.52. The van der Waals surface area contributed by atoms with Gasteiger partial charge in [-0.15, -0.1) is 0 Å². The van der Waals surface area contributed by atoms with Gasteiger partial charge in [-0.05, 0) is 49.9 Å². The van der Waals surface area contributed by atoms with Gasteiger partial charge in [0, 0.05) is 23.8 Å². The predicted molar refractivity (Wildman–Crippen MR) is 77.5 cm³/mol. The van der Waals surface area contributed by atoms with Crippen LogP contribution in [0.2, 0.25) is 0 Å². The number of rotatable bonds is 3. The number of hydrogen-bond donors (Lipinski definition) is 2. The number of nitrogens with one attached hydrogen (secondary N) is 1. The molecular formula is C15H19N3O2. The summed E-state index contributed by atoms with van der Waals surface area (Å²) in [6.07, 6.45) is 2.88. The molecule has 5 nitrogen and oxygen atoms in total. The van der Waals surface area contributed by atoms with Gasteiger partial charge in [-0.3, -0.25) is 9.59 Å². The Morgan fingerprint density at radius 1 is 1.40 bits per heavy atom. The van der Waals surface area contributed by atoms with E-state index in [9.17, 15) is 9.59 Å². The molecule has 1 aromatic carbocycles. The SMILES string of the molecule is C[C@H](N)C(=O)Nc1ccc2c(c1)CCN2C(=O)C1CC1. The van der Waals surface area contributed by atoms with E-state index in [-0.39, 0.29) is 17.7 Å². The summed E-state index contributed by atoms with van der Waals surface area (Å²) >= 11 is 0. The summed E-state index contributed by atoms with van der Waals surface area (Å²) in [6.45, 7) is 2.40. The van der Waals surface area contributed by atoms with E-state index < -0.39 is 6.04 Å². The lowest BCUT2D eigenvalue weighted by atomic mass is 10.1. The van der Waals surface area contributed by atoms with Crippen LogP contribution in [0.25, 0.3) is 0 Å². The molecule has 1 atom stereocenters. The molecule has 0 bridgehead atoms. The minimum absolute atomic E-state index is 0.200. The highest BCUT2D eigenvalue weighted by atomic mass is 16.2. The average molecular weight is 273 g/mol. The molecule has 1 aliphatic carbocycles. The number of hydrogen-bond acceptors (Lipinski definition) is 3. The van der Waals surface area contributed by atoms with Gasteiger partial charge in [0.05, 0.1) is 6.04 Å². The molecule has 1 saturated carbocycles. The van der Waals surface area contributed by atoms with Crippen LogP contribution in [0.4, 0.5) is 11.4 Å². The lowest BCUT2D eigenvalue weighted by Crippen LogP contribution is -2.32. The Bertz CT molecular complexity index is 564. The fraction of sp³-hybridized carbons (Fsp3) is 0.467. The Kier molecular flexibility index (Phi) is 3.22. The Labute approximate surface area is 118 Å². The summed E-state index contributed by atoms with van der Waals surface area (Å²) in [5.74, 6) is 0.281. The summed E-state index contributed by atoms with van der Waals surface area (Å²) in [7, 11) is 0. The molecule has 0 aromatic heterocycles. The second-order valence-corrected chi connectivity index (χ2v) is 5.64. The van der Waals surface area contributed by atoms with Crippen molar-refractivity contribution in [2.24, 2.45) is 11.7 Å². The third-order valence-electron chi connectivity index (χ3n) is 3.85. The summed E-state index contributed by atoms with van der Waals surface area (Å²) in [5.41, 5.74) is 8.38. The zero-order valence-corrected chi connectivity index (χ0v) is 11.6. The van der Waals surface area contributed by atoms with E-state index in [1.807, 2.05) is 23.1 Å². The van der Waals surface area contributed by atoms with Crippen LogP contribution in [-0.2, 0) is 16.0 Å². The van der Waals surface area contributed by atoms with E-state index in [0.29, 0.717) is 0 Å². The molecule has 0 radical (unpaired) electrons. The van der Waals surface area contributed by atoms with Crippen molar-refractivity contribution in [2.45, 2.75) is 32.2 Å². The van der Waals surface area contributed by atoms with Crippen LogP contribution >= 0.6 is 0 Å². The smallest absolute Gasteiger partial charge is 0.240 e. The largest absolute Gasteiger partial charge is 0.325 e. The molecule has 5 heteroatoms. The second kappa shape index (κ2) is 4.90. The Hall–Kier alpha value is -1.88. The first-order chi connectivity index (χ1) is 9.56. The molecule has 1 heterocycles. The molecule has 2 amide bonds. The molecule has 0 saturated heterocycles. The molecular weight excluding hydrogens is 254 g/mol. The van der Waals surface area contributed by atoms with Gasteiger partial charge in [-0.2, -0.15) is 0 Å². The van der Waals surface area contributed by atoms with Crippen LogP contribution in [0.1, 0.15) is 25.3 Å². The number of benzene rings is 1. The van der Waals surface area contributed by atoms with Crippen LogP contribution in [0, 0.1) is 5.92 Å². The highest BCUT2D eigenvalue weighted by Crippen LogP contribution is 2.37. The first kappa shape index (κ1) is 13.1. The van der Waals surface area contributed by atoms with E-state index >= 15 is 0 Å². The number of nitrogens with zero attached hydrogens (tertiary/aromatic N) is 1. The van der Waals surface area contributed by atoms with Crippen molar-refractivity contribution in [1.29, 1.82) is 0 Å². The van der Waals surface area contributed by atoms with Crippen molar-refractivity contribution in [2.75, 3.05) is 16.8 Å². The molecule has 20 heavy (non-hydrogen) atoms. The number of carbonyl (C=O) groups is 2. The molecule has 1 fully saturated rings. The maximum absolute atomic E-state index is 12.2. The molecule has 1 aromatic rings. The zero-order chi connectivity index (χ0) is 14.3. The number of amides is 2. The molecule has 3 rings (SSSR count). The topological polar surface area (TPSA) is 75.4 Å². The van der Waals surface area contributed by atoms with Crippen LogP contribution < -0.4 is 16.0 Å². The maximum Gasteiger partial charge on any atom is 0.240 e. The highest BCUT2D eigenvalue weighted by molar-refractivity contribution is 5.99. The van der Waals surface area contributed by atoms with Crippen molar-refractivity contribution >= 4 is 23.2 Å². The third kappa shape index (κ3) is 2.41. The van der Waals surface area contributed by atoms with Gasteiger partial charge in [-0.1, -0.05) is 0 Å². The van der Waals surface area contributed by atoms with Crippen LogP contribution in [0.5, 0.6) is 0 Å². The average Bonchev–Trinajstić information content (AvgIpc) is 3.18. The Morgan fingerprint density at radius 3 is 2.80 bits per heavy atom. The second-order valence-electron chi connectivity index (χ2n) is 5.64. The Balaban J connectivity index is 1.77. The predicted octanol–water partition coefficient (Wildman–Crippen LogP) is 1.27. The van der Waals surface area contributed by atoms with E-state index in [2.05, 4.69) is 5.32 Å². The highest BCUT2D eigenvalue weighted by Gasteiger charge is 2.36. The fourth-order valence-corrected chi connectivity index (χ4v) is 2.52. The van der Waals surface area contributed by atoms with Crippen LogP contribution in [0.15, 0.2) is 18.2 Å². The van der Waals surface area contributed by atoms with E-state index in [4.69, 9.17) is 5.73 Å². The molecule has 0 spiro atoms. The number of anilines is 2. The van der Waals surface area contributed by atoms with Gasteiger partial charge >= 0.3 is 0 Å². The molecule has 2 aliphatic rings. The summed E-state index contributed by atoms with van der Waals surface area (Å²) in [4.78, 5) is 25.6. The monoisotopic (exact) mass is 273 g/mol. The van der Waals surface area contributed by atoms with Crippen molar-refractivity contribution in [3.8, 4) is 0 Å². The Morgan fingerprint density at radius 2 is 2.15 bits per heavy atom. The standard InChI is InChI=1S/C15H19N3O2/c1-9(16)14(19)17-12-4-5-13-11(8-12)6-7-18(13)15(20)10-2-3-10/h4-5,8-10H,2-3,6-7,16H2,1H3,(H,17,19)/t9-/m0/s1. The van der Waals surface area contributed by atoms with Crippen molar-refractivity contribution in [3.63, 3.8) is 0 Å². The molecule has 3 N–H and O–H groups in total. The van der Waals surface area contributed by atoms with Gasteiger partial charge < -0.3 is 16.0 Å². The third-order valence-corrected chi connectivity index (χ3v) is 3.85. The van der Waals surface area contributed by atoms with Crippen LogP contribution in [0.3, 0.4) is 0 Å². The van der Waals surface area contributed by atoms with Crippen molar-refractivity contribution < 1.29 is 9.59 Å². The van der Waals surface area contributed by atoms with E-state index in [1.54, 1.807) is 6.92 Å². The van der Waals surface area contributed by atoms with Crippen molar-refractivity contribution in [1.82, 2.24) is 0 Å². The summed E-state index contributed by atoms with van der Waals surface area (Å²) in [6, 6.07) is 5.16.